The summed E-state index contributed by atoms with van der Waals surface area (Å²) in [5, 5.41) is 13.3. The summed E-state index contributed by atoms with van der Waals surface area (Å²) < 4.78 is 64.3. The lowest BCUT2D eigenvalue weighted by molar-refractivity contribution is 0.343. The van der Waals surface area contributed by atoms with Crippen molar-refractivity contribution in [2.45, 2.75) is 24.9 Å². The molecule has 6 rings (SSSR count). The molecule has 0 aliphatic carbocycles. The summed E-state index contributed by atoms with van der Waals surface area (Å²) in [6, 6.07) is 15.9. The van der Waals surface area contributed by atoms with Crippen molar-refractivity contribution in [1.29, 1.82) is 5.26 Å². The second-order valence-corrected chi connectivity index (χ2v) is 11.9. The molecule has 2 aliphatic rings. The number of benzene rings is 3. The van der Waals surface area contributed by atoms with Gasteiger partial charge in [0.1, 0.15) is 29.9 Å². The van der Waals surface area contributed by atoms with Crippen LogP contribution >= 0.6 is 0 Å². The average molecular weight is 593 g/mol. The van der Waals surface area contributed by atoms with Crippen molar-refractivity contribution in [3.63, 3.8) is 0 Å². The van der Waals surface area contributed by atoms with E-state index in [1.54, 1.807) is 6.07 Å². The number of nitrogens with one attached hydrogen (secondary N) is 2. The van der Waals surface area contributed by atoms with Gasteiger partial charge in [0.05, 0.1) is 22.3 Å². The number of aromatic nitrogens is 2. The van der Waals surface area contributed by atoms with E-state index in [4.69, 9.17) is 4.74 Å². The minimum atomic E-state index is -4.20. The molecule has 2 aliphatic heterocycles. The van der Waals surface area contributed by atoms with Gasteiger partial charge >= 0.3 is 10.2 Å². The van der Waals surface area contributed by atoms with E-state index in [1.165, 1.54) is 34.7 Å². The number of alkyl halides is 1. The number of hydrogen-bond donors (Lipinski definition) is 2. The van der Waals surface area contributed by atoms with Crippen LogP contribution in [0.2, 0.25) is 0 Å². The minimum Gasteiger partial charge on any atom is -0.453 e. The average Bonchev–Trinajstić information content (AvgIpc) is 3.68. The normalized spacial score (nSPS) is 19.2. The Morgan fingerprint density at radius 1 is 1.12 bits per heavy atom. The molecular weight excluding hydrogens is 566 g/mol. The molecule has 2 atom stereocenters. The Kier molecular flexibility index (Phi) is 7.36. The zero-order valence-electron chi connectivity index (χ0n) is 22.3. The fourth-order valence-electron chi connectivity index (χ4n) is 5.28. The van der Waals surface area contributed by atoms with Crippen molar-refractivity contribution in [1.82, 2.24) is 19.2 Å². The number of ether oxygens (including phenoxy) is 1. The third-order valence-electron chi connectivity index (χ3n) is 7.55. The smallest absolute Gasteiger partial charge is 0.301 e. The Labute approximate surface area is 240 Å². The van der Waals surface area contributed by atoms with E-state index in [-0.39, 0.29) is 41.9 Å². The van der Waals surface area contributed by atoms with Crippen LogP contribution < -0.4 is 20.3 Å². The molecule has 216 valence electrons. The number of halogens is 2. The molecule has 3 aromatic carbocycles. The van der Waals surface area contributed by atoms with E-state index in [2.05, 4.69) is 15.0 Å². The molecule has 0 radical (unpaired) electrons. The van der Waals surface area contributed by atoms with Crippen LogP contribution in [0.5, 0.6) is 11.5 Å². The van der Waals surface area contributed by atoms with Crippen molar-refractivity contribution in [3.05, 3.63) is 88.2 Å². The first-order valence-corrected chi connectivity index (χ1v) is 14.8. The zero-order valence-corrected chi connectivity index (χ0v) is 23.1. The predicted octanol–water partition coefficient (Wildman–Crippen LogP) is 3.97. The van der Waals surface area contributed by atoms with Gasteiger partial charge in [-0.3, -0.25) is 14.1 Å². The van der Waals surface area contributed by atoms with E-state index >= 15 is 0 Å². The van der Waals surface area contributed by atoms with Gasteiger partial charge in [-0.1, -0.05) is 12.1 Å². The summed E-state index contributed by atoms with van der Waals surface area (Å²) >= 11 is 0. The van der Waals surface area contributed by atoms with Gasteiger partial charge in [-0.25, -0.2) is 13.8 Å². The molecule has 2 fully saturated rings. The van der Waals surface area contributed by atoms with Crippen LogP contribution in [0, 0.1) is 17.1 Å². The quantitative estimate of drug-likeness (QED) is 0.332. The second kappa shape index (κ2) is 11.1. The maximum Gasteiger partial charge on any atom is 0.301 e. The Morgan fingerprint density at radius 2 is 1.93 bits per heavy atom. The highest BCUT2D eigenvalue weighted by atomic mass is 32.2. The lowest BCUT2D eigenvalue weighted by Crippen LogP contribution is -2.34. The molecule has 3 heterocycles. The molecule has 42 heavy (non-hydrogen) atoms. The molecule has 1 aromatic heterocycles. The Hall–Kier alpha value is -4.38. The molecule has 0 spiro atoms. The highest BCUT2D eigenvalue weighted by molar-refractivity contribution is 7.90. The maximum absolute atomic E-state index is 14.9. The Balaban J connectivity index is 1.31. The number of anilines is 1. The van der Waals surface area contributed by atoms with E-state index < -0.39 is 33.5 Å². The molecule has 1 unspecified atom stereocenters. The SMILES string of the molecule is N#Cc1c(NS(=O)(=O)N2CC[C@@H](F)C2)ccc(F)c1Oc1ccc2ncn(-c3ccc(C4CCNC4)cc3)c(=O)c2c1. The molecule has 4 aromatic rings. The summed E-state index contributed by atoms with van der Waals surface area (Å²) in [5.74, 6) is -0.970. The third kappa shape index (κ3) is 5.32. The molecule has 2 saturated heterocycles. The fourth-order valence-corrected chi connectivity index (χ4v) is 6.56. The number of nitriles is 1. The summed E-state index contributed by atoms with van der Waals surface area (Å²) in [7, 11) is -4.20. The molecule has 0 saturated carbocycles. The number of rotatable bonds is 7. The lowest BCUT2D eigenvalue weighted by Gasteiger charge is -2.18. The molecule has 0 amide bonds. The monoisotopic (exact) mass is 592 g/mol. The standard InChI is InChI=1S/C29H26F2N6O4S/c30-20-10-12-36(16-20)42(39,40)35-27-8-6-25(31)28(24(27)14-32)41-22-5-7-26-23(13-22)29(38)37(17-34-26)21-3-1-18(2-4-21)19-9-11-33-15-19/h1-8,13,17,19-20,33,35H,9-12,15-16H2/t19?,20-/m1/s1. The van der Waals surface area contributed by atoms with Gasteiger partial charge in [0.15, 0.2) is 11.6 Å². The van der Waals surface area contributed by atoms with Crippen LogP contribution in [0.25, 0.3) is 16.6 Å². The summed E-state index contributed by atoms with van der Waals surface area (Å²) in [6.07, 6.45) is 1.27. The number of nitrogens with zero attached hydrogens (tertiary/aromatic N) is 4. The fraction of sp³-hybridized carbons (Fsp3) is 0.276. The predicted molar refractivity (Wildman–Crippen MR) is 152 cm³/mol. The van der Waals surface area contributed by atoms with Crippen molar-refractivity contribution >= 4 is 26.8 Å². The summed E-state index contributed by atoms with van der Waals surface area (Å²) in [5.41, 5.74) is 1.20. The first-order chi connectivity index (χ1) is 20.2. The number of fused-ring (bicyclic) bond motifs is 1. The van der Waals surface area contributed by atoms with Crippen LogP contribution in [-0.4, -0.2) is 54.6 Å². The van der Waals surface area contributed by atoms with Crippen molar-refractivity contribution in [2.75, 3.05) is 30.9 Å². The largest absolute Gasteiger partial charge is 0.453 e. The highest BCUT2D eigenvalue weighted by Gasteiger charge is 2.32. The van der Waals surface area contributed by atoms with Crippen LogP contribution in [0.1, 0.15) is 29.9 Å². The van der Waals surface area contributed by atoms with E-state index in [1.807, 2.05) is 24.3 Å². The Bertz CT molecular complexity index is 1870. The van der Waals surface area contributed by atoms with Crippen LogP contribution in [0.15, 0.2) is 65.7 Å². The Morgan fingerprint density at radius 3 is 2.62 bits per heavy atom. The van der Waals surface area contributed by atoms with Gasteiger partial charge in [0.25, 0.3) is 5.56 Å². The highest BCUT2D eigenvalue weighted by Crippen LogP contribution is 2.34. The second-order valence-electron chi connectivity index (χ2n) is 10.2. The molecule has 0 bridgehead atoms. The van der Waals surface area contributed by atoms with E-state index in [9.17, 15) is 27.3 Å². The van der Waals surface area contributed by atoms with Crippen LogP contribution in [0.4, 0.5) is 14.5 Å². The summed E-state index contributed by atoms with van der Waals surface area (Å²) in [4.78, 5) is 17.8. The van der Waals surface area contributed by atoms with Gasteiger partial charge in [-0.2, -0.15) is 18.0 Å². The van der Waals surface area contributed by atoms with Crippen molar-refractivity contribution in [2.24, 2.45) is 0 Å². The van der Waals surface area contributed by atoms with Gasteiger partial charge < -0.3 is 10.1 Å². The van der Waals surface area contributed by atoms with Gasteiger partial charge in [0.2, 0.25) is 0 Å². The first-order valence-electron chi connectivity index (χ1n) is 13.4. The zero-order chi connectivity index (χ0) is 29.4. The van der Waals surface area contributed by atoms with Crippen LogP contribution in [-0.2, 0) is 10.2 Å². The lowest BCUT2D eigenvalue weighted by atomic mass is 9.98. The van der Waals surface area contributed by atoms with Crippen LogP contribution in [0.3, 0.4) is 0 Å². The van der Waals surface area contributed by atoms with E-state index in [0.29, 0.717) is 17.1 Å². The minimum absolute atomic E-state index is 0.0201. The van der Waals surface area contributed by atoms with Gasteiger partial charge in [-0.15, -0.1) is 0 Å². The van der Waals surface area contributed by atoms with Gasteiger partial charge in [-0.05, 0) is 73.3 Å². The molecular formula is C29H26F2N6O4S. The van der Waals surface area contributed by atoms with Crippen molar-refractivity contribution in [3.8, 4) is 23.3 Å². The third-order valence-corrected chi connectivity index (χ3v) is 9.04. The van der Waals surface area contributed by atoms with Crippen molar-refractivity contribution < 1.29 is 21.9 Å². The maximum atomic E-state index is 14.9. The summed E-state index contributed by atoms with van der Waals surface area (Å²) in [6.45, 7) is 1.56. The molecule has 2 N–H and O–H groups in total. The van der Waals surface area contributed by atoms with E-state index in [0.717, 1.165) is 35.9 Å². The number of hydrogen-bond acceptors (Lipinski definition) is 7. The van der Waals surface area contributed by atoms with Gasteiger partial charge in [0, 0.05) is 19.6 Å². The molecule has 10 nitrogen and oxygen atoms in total. The topological polar surface area (TPSA) is 129 Å². The first kappa shape index (κ1) is 27.8. The molecule has 13 heteroatoms.